The quantitative estimate of drug-likeness (QED) is 0.621. The zero-order chi connectivity index (χ0) is 20.2. The van der Waals surface area contributed by atoms with Gasteiger partial charge in [-0.1, -0.05) is 0 Å². The summed E-state index contributed by atoms with van der Waals surface area (Å²) in [4.78, 5) is 28.1. The summed E-state index contributed by atoms with van der Waals surface area (Å²) in [5.41, 5.74) is 2.58. The predicted octanol–water partition coefficient (Wildman–Crippen LogP) is 4.01. The van der Waals surface area contributed by atoms with Crippen molar-refractivity contribution in [3.05, 3.63) is 59.4 Å². The Hall–Kier alpha value is -3.39. The maximum absolute atomic E-state index is 12.1. The number of nitrogens with one attached hydrogen (secondary N) is 2. The molecular weight excluding hydrogens is 390 g/mol. The fraction of sp³-hybridized carbons (Fsp3) is 0.190. The number of nitrogens with zero attached hydrogens (tertiary/aromatic N) is 1. The van der Waals surface area contributed by atoms with Crippen LogP contribution >= 0.6 is 11.3 Å². The van der Waals surface area contributed by atoms with Crippen LogP contribution in [-0.2, 0) is 9.59 Å². The lowest BCUT2D eigenvalue weighted by molar-refractivity contribution is -0.119. The molecule has 2 N–H and O–H groups in total. The molecule has 0 spiro atoms. The summed E-state index contributed by atoms with van der Waals surface area (Å²) in [6.07, 6.45) is 5.25. The van der Waals surface area contributed by atoms with Crippen molar-refractivity contribution in [3.8, 4) is 17.0 Å². The number of ether oxygens (including phenoxy) is 1. The molecule has 148 valence electrons. The first-order valence-electron chi connectivity index (χ1n) is 9.11. The van der Waals surface area contributed by atoms with Crippen LogP contribution in [0, 0.1) is 0 Å². The SMILES string of the molecule is CC(=O)NC1CCOc2ccc(-c3csc(NC(=O)/C=C/c4ccco4)n3)cc21. The molecule has 7 nitrogen and oxygen atoms in total. The van der Waals surface area contributed by atoms with Gasteiger partial charge in [0, 0.05) is 35.9 Å². The second kappa shape index (κ2) is 8.32. The van der Waals surface area contributed by atoms with E-state index in [1.54, 1.807) is 24.5 Å². The van der Waals surface area contributed by atoms with Gasteiger partial charge in [0.15, 0.2) is 5.13 Å². The van der Waals surface area contributed by atoms with Gasteiger partial charge in [0.2, 0.25) is 11.8 Å². The number of fused-ring (bicyclic) bond motifs is 1. The van der Waals surface area contributed by atoms with E-state index in [2.05, 4.69) is 15.6 Å². The third-order valence-corrected chi connectivity index (χ3v) is 5.16. The van der Waals surface area contributed by atoms with Crippen molar-refractivity contribution in [2.45, 2.75) is 19.4 Å². The van der Waals surface area contributed by atoms with Crippen LogP contribution in [0.4, 0.5) is 5.13 Å². The molecule has 2 amide bonds. The molecule has 0 saturated carbocycles. The molecule has 1 aliphatic heterocycles. The summed E-state index contributed by atoms with van der Waals surface area (Å²) >= 11 is 1.34. The van der Waals surface area contributed by atoms with Crippen LogP contribution in [-0.4, -0.2) is 23.4 Å². The molecule has 1 aliphatic rings. The van der Waals surface area contributed by atoms with Crippen molar-refractivity contribution in [1.29, 1.82) is 0 Å². The fourth-order valence-corrected chi connectivity index (χ4v) is 3.83. The third-order valence-electron chi connectivity index (χ3n) is 4.40. The van der Waals surface area contributed by atoms with Gasteiger partial charge < -0.3 is 14.5 Å². The Labute approximate surface area is 171 Å². The molecule has 0 aliphatic carbocycles. The number of carbonyl (C=O) groups is 2. The molecule has 1 unspecified atom stereocenters. The number of benzene rings is 1. The Bertz CT molecular complexity index is 1060. The fourth-order valence-electron chi connectivity index (χ4n) is 3.10. The van der Waals surface area contributed by atoms with Gasteiger partial charge in [0.25, 0.3) is 0 Å². The van der Waals surface area contributed by atoms with Gasteiger partial charge >= 0.3 is 0 Å². The average Bonchev–Trinajstić information content (AvgIpc) is 3.38. The number of hydrogen-bond donors (Lipinski definition) is 2. The molecule has 1 aromatic carbocycles. The van der Waals surface area contributed by atoms with Crippen LogP contribution in [0.2, 0.25) is 0 Å². The van der Waals surface area contributed by atoms with Crippen LogP contribution in [0.5, 0.6) is 5.75 Å². The van der Waals surface area contributed by atoms with Crippen molar-refractivity contribution in [2.75, 3.05) is 11.9 Å². The molecule has 3 aromatic rings. The summed E-state index contributed by atoms with van der Waals surface area (Å²) in [6.45, 7) is 2.07. The minimum absolute atomic E-state index is 0.0745. The maximum atomic E-state index is 12.1. The summed E-state index contributed by atoms with van der Waals surface area (Å²) in [5.74, 6) is 1.01. The normalized spacial score (nSPS) is 15.6. The van der Waals surface area contributed by atoms with Gasteiger partial charge in [-0.25, -0.2) is 4.98 Å². The van der Waals surface area contributed by atoms with E-state index in [9.17, 15) is 9.59 Å². The molecule has 3 heterocycles. The molecule has 8 heteroatoms. The van der Waals surface area contributed by atoms with Crippen molar-refractivity contribution in [1.82, 2.24) is 10.3 Å². The van der Waals surface area contributed by atoms with Crippen molar-refractivity contribution >= 4 is 34.4 Å². The zero-order valence-corrected chi connectivity index (χ0v) is 16.5. The first kappa shape index (κ1) is 18.9. The largest absolute Gasteiger partial charge is 0.493 e. The lowest BCUT2D eigenvalue weighted by Crippen LogP contribution is -2.30. The lowest BCUT2D eigenvalue weighted by Gasteiger charge is -2.26. The van der Waals surface area contributed by atoms with Gasteiger partial charge in [-0.2, -0.15) is 0 Å². The second-order valence-corrected chi connectivity index (χ2v) is 7.38. The van der Waals surface area contributed by atoms with Gasteiger partial charge in [-0.3, -0.25) is 14.9 Å². The smallest absolute Gasteiger partial charge is 0.250 e. The van der Waals surface area contributed by atoms with E-state index >= 15 is 0 Å². The molecule has 0 bridgehead atoms. The highest BCUT2D eigenvalue weighted by molar-refractivity contribution is 7.14. The predicted molar refractivity (Wildman–Crippen MR) is 111 cm³/mol. The zero-order valence-electron chi connectivity index (χ0n) is 15.7. The molecule has 0 radical (unpaired) electrons. The summed E-state index contributed by atoms with van der Waals surface area (Å²) in [7, 11) is 0. The molecule has 4 rings (SSSR count). The third kappa shape index (κ3) is 4.55. The van der Waals surface area contributed by atoms with E-state index in [4.69, 9.17) is 9.15 Å². The molecular formula is C21H19N3O4S. The van der Waals surface area contributed by atoms with Crippen LogP contribution in [0.3, 0.4) is 0 Å². The van der Waals surface area contributed by atoms with E-state index in [-0.39, 0.29) is 17.9 Å². The number of aromatic nitrogens is 1. The Morgan fingerprint density at radius 3 is 3.00 bits per heavy atom. The summed E-state index contributed by atoms with van der Waals surface area (Å²) in [5, 5.41) is 8.10. The van der Waals surface area contributed by atoms with Crippen molar-refractivity contribution < 1.29 is 18.7 Å². The van der Waals surface area contributed by atoms with Crippen molar-refractivity contribution in [3.63, 3.8) is 0 Å². The highest BCUT2D eigenvalue weighted by Crippen LogP contribution is 2.36. The standard InChI is InChI=1S/C21H19N3O4S/c1-13(25)22-17-8-10-28-19-6-4-14(11-16(17)19)18-12-29-21(23-18)24-20(26)7-5-15-3-2-9-27-15/h2-7,9,11-12,17H,8,10H2,1H3,(H,22,25)(H,23,24,26)/b7-5+. The topological polar surface area (TPSA) is 93.5 Å². The Morgan fingerprint density at radius 1 is 1.31 bits per heavy atom. The molecule has 0 saturated heterocycles. The van der Waals surface area contributed by atoms with E-state index < -0.39 is 0 Å². The Morgan fingerprint density at radius 2 is 2.21 bits per heavy atom. The minimum Gasteiger partial charge on any atom is -0.493 e. The molecule has 0 fully saturated rings. The van der Waals surface area contributed by atoms with Gasteiger partial charge in [-0.05, 0) is 36.4 Å². The second-order valence-electron chi connectivity index (χ2n) is 6.52. The van der Waals surface area contributed by atoms with E-state index in [0.717, 1.165) is 29.0 Å². The molecule has 2 aromatic heterocycles. The summed E-state index contributed by atoms with van der Waals surface area (Å²) < 4.78 is 10.9. The number of furan rings is 1. The van der Waals surface area contributed by atoms with Crippen molar-refractivity contribution in [2.24, 2.45) is 0 Å². The van der Waals surface area contributed by atoms with Crippen LogP contribution in [0.15, 0.2) is 52.5 Å². The lowest BCUT2D eigenvalue weighted by atomic mass is 9.97. The number of anilines is 1. The number of rotatable bonds is 5. The van der Waals surface area contributed by atoms with Crippen LogP contribution in [0.1, 0.15) is 30.7 Å². The van der Waals surface area contributed by atoms with Gasteiger partial charge in [-0.15, -0.1) is 11.3 Å². The maximum Gasteiger partial charge on any atom is 0.250 e. The highest BCUT2D eigenvalue weighted by Gasteiger charge is 2.23. The van der Waals surface area contributed by atoms with Crippen LogP contribution < -0.4 is 15.4 Å². The number of hydrogen-bond acceptors (Lipinski definition) is 6. The van der Waals surface area contributed by atoms with Crippen LogP contribution in [0.25, 0.3) is 17.3 Å². The van der Waals surface area contributed by atoms with Gasteiger partial charge in [0.1, 0.15) is 11.5 Å². The monoisotopic (exact) mass is 409 g/mol. The first-order chi connectivity index (χ1) is 14.1. The van der Waals surface area contributed by atoms with E-state index in [0.29, 0.717) is 17.5 Å². The highest BCUT2D eigenvalue weighted by atomic mass is 32.1. The Balaban J connectivity index is 1.49. The molecule has 1 atom stereocenters. The molecule has 29 heavy (non-hydrogen) atoms. The Kier molecular flexibility index (Phi) is 5.44. The average molecular weight is 409 g/mol. The minimum atomic E-state index is -0.285. The van der Waals surface area contributed by atoms with Gasteiger partial charge in [0.05, 0.1) is 24.6 Å². The summed E-state index contributed by atoms with van der Waals surface area (Å²) in [6, 6.07) is 9.23. The van der Waals surface area contributed by atoms with E-state index in [1.807, 2.05) is 23.6 Å². The first-order valence-corrected chi connectivity index (χ1v) is 9.99. The number of thiazole rings is 1. The number of amides is 2. The van der Waals surface area contributed by atoms with E-state index in [1.165, 1.54) is 24.3 Å². The number of carbonyl (C=O) groups excluding carboxylic acids is 2.